The van der Waals surface area contributed by atoms with Gasteiger partial charge in [0.2, 0.25) is 0 Å². The van der Waals surface area contributed by atoms with Crippen molar-refractivity contribution in [3.05, 3.63) is 39.9 Å². The lowest BCUT2D eigenvalue weighted by molar-refractivity contribution is 0.0943. The topological polar surface area (TPSA) is 67.8 Å². The largest absolute Gasteiger partial charge is 0.348 e. The van der Waals surface area contributed by atoms with Crippen molar-refractivity contribution in [2.24, 2.45) is 0 Å². The number of amides is 1. The van der Waals surface area contributed by atoms with Crippen molar-refractivity contribution in [2.45, 2.75) is 46.1 Å². The maximum Gasteiger partial charge on any atom is 0.263 e. The van der Waals surface area contributed by atoms with Crippen LogP contribution in [0.3, 0.4) is 0 Å². The predicted molar refractivity (Wildman–Crippen MR) is 83.6 cm³/mol. The molecule has 6 heteroatoms. The van der Waals surface area contributed by atoms with Crippen LogP contribution in [0.25, 0.3) is 0 Å². The Hall–Kier alpha value is -1.82. The highest BCUT2D eigenvalue weighted by atomic mass is 32.1. The average molecular weight is 304 g/mol. The molecule has 2 aromatic rings. The predicted octanol–water partition coefficient (Wildman–Crippen LogP) is 2.73. The molecule has 2 aromatic heterocycles. The summed E-state index contributed by atoms with van der Waals surface area (Å²) in [6.45, 7) is 8.00. The number of nitrogens with zero attached hydrogens (tertiary/aromatic N) is 3. The number of carbonyl (C=O) groups is 1. The van der Waals surface area contributed by atoms with E-state index in [1.165, 1.54) is 11.3 Å². The lowest BCUT2D eigenvalue weighted by Crippen LogP contribution is -2.34. The number of aryl methyl sites for hydroxylation is 1. The zero-order valence-corrected chi connectivity index (χ0v) is 13.6. The van der Waals surface area contributed by atoms with Crippen LogP contribution < -0.4 is 5.32 Å². The minimum Gasteiger partial charge on any atom is -0.348 e. The fraction of sp³-hybridized carbons (Fsp3) is 0.467. The third-order valence-electron chi connectivity index (χ3n) is 3.02. The molecular weight excluding hydrogens is 284 g/mol. The summed E-state index contributed by atoms with van der Waals surface area (Å²) in [7, 11) is 0. The highest BCUT2D eigenvalue weighted by molar-refractivity contribution is 7.13. The molecule has 112 valence electrons. The Bertz CT molecular complexity index is 609. The molecule has 2 heterocycles. The van der Waals surface area contributed by atoms with Crippen molar-refractivity contribution in [3.8, 4) is 0 Å². The molecule has 0 bridgehead atoms. The number of aromatic nitrogens is 3. The first kappa shape index (κ1) is 15.6. The van der Waals surface area contributed by atoms with E-state index in [9.17, 15) is 4.79 Å². The summed E-state index contributed by atoms with van der Waals surface area (Å²) in [5.41, 5.74) is 1.67. The van der Waals surface area contributed by atoms with Gasteiger partial charge in [-0.3, -0.25) is 14.8 Å². The third kappa shape index (κ3) is 4.07. The Balaban J connectivity index is 2.01. The molecule has 1 N–H and O–H groups in total. The molecule has 1 unspecified atom stereocenters. The van der Waals surface area contributed by atoms with E-state index >= 15 is 0 Å². The van der Waals surface area contributed by atoms with Gasteiger partial charge in [-0.2, -0.15) is 0 Å². The summed E-state index contributed by atoms with van der Waals surface area (Å²) in [6, 6.07) is -0.00167. The maximum absolute atomic E-state index is 12.3. The molecule has 21 heavy (non-hydrogen) atoms. The van der Waals surface area contributed by atoms with Crippen molar-refractivity contribution in [3.63, 3.8) is 0 Å². The molecular formula is C15H20N4OS. The van der Waals surface area contributed by atoms with Gasteiger partial charge in [0.15, 0.2) is 0 Å². The second-order valence-electron chi connectivity index (χ2n) is 5.40. The lowest BCUT2D eigenvalue weighted by Gasteiger charge is -2.12. The zero-order valence-electron chi connectivity index (χ0n) is 12.8. The highest BCUT2D eigenvalue weighted by Crippen LogP contribution is 2.24. The Labute approximate surface area is 128 Å². The maximum atomic E-state index is 12.3. The number of hydrogen-bond donors (Lipinski definition) is 1. The summed E-state index contributed by atoms with van der Waals surface area (Å²) in [5.74, 6) is 0.278. The van der Waals surface area contributed by atoms with Gasteiger partial charge in [0.05, 0.1) is 16.4 Å². The summed E-state index contributed by atoms with van der Waals surface area (Å²) in [5, 5.41) is 4.00. The first-order valence-electron chi connectivity index (χ1n) is 7.00. The zero-order chi connectivity index (χ0) is 15.4. The van der Waals surface area contributed by atoms with E-state index in [-0.39, 0.29) is 11.9 Å². The molecule has 1 atom stereocenters. The molecule has 0 aromatic carbocycles. The lowest BCUT2D eigenvalue weighted by atomic mass is 10.2. The van der Waals surface area contributed by atoms with Crippen LogP contribution in [-0.4, -0.2) is 26.9 Å². The summed E-state index contributed by atoms with van der Waals surface area (Å²) >= 11 is 1.47. The van der Waals surface area contributed by atoms with Crippen molar-refractivity contribution >= 4 is 17.2 Å². The normalized spacial score (nSPS) is 12.4. The second kappa shape index (κ2) is 6.76. The Morgan fingerprint density at radius 1 is 1.33 bits per heavy atom. The van der Waals surface area contributed by atoms with Gasteiger partial charge in [-0.15, -0.1) is 11.3 Å². The van der Waals surface area contributed by atoms with Crippen molar-refractivity contribution in [1.82, 2.24) is 20.3 Å². The fourth-order valence-electron chi connectivity index (χ4n) is 1.96. The van der Waals surface area contributed by atoms with Crippen molar-refractivity contribution in [2.75, 3.05) is 0 Å². The molecule has 0 spiro atoms. The first-order chi connectivity index (χ1) is 9.97. The van der Waals surface area contributed by atoms with Crippen LogP contribution in [0.5, 0.6) is 0 Å². The molecule has 0 aliphatic rings. The van der Waals surface area contributed by atoms with E-state index in [2.05, 4.69) is 34.1 Å². The van der Waals surface area contributed by atoms with Gasteiger partial charge in [0.1, 0.15) is 4.88 Å². The van der Waals surface area contributed by atoms with Gasteiger partial charge >= 0.3 is 0 Å². The minimum atomic E-state index is -0.0618. The monoisotopic (exact) mass is 304 g/mol. The number of thiazole rings is 1. The Kier molecular flexibility index (Phi) is 5.01. The summed E-state index contributed by atoms with van der Waals surface area (Å²) < 4.78 is 0. The van der Waals surface area contributed by atoms with Crippen LogP contribution in [0.4, 0.5) is 0 Å². The smallest absolute Gasteiger partial charge is 0.263 e. The molecule has 0 aliphatic heterocycles. The quantitative estimate of drug-likeness (QED) is 0.922. The Morgan fingerprint density at radius 3 is 2.67 bits per heavy atom. The first-order valence-corrected chi connectivity index (χ1v) is 7.82. The van der Waals surface area contributed by atoms with Gasteiger partial charge in [-0.1, -0.05) is 13.8 Å². The Morgan fingerprint density at radius 2 is 2.10 bits per heavy atom. The molecule has 0 fully saturated rings. The number of carbonyl (C=O) groups excluding carboxylic acids is 1. The van der Waals surface area contributed by atoms with Crippen LogP contribution in [0.1, 0.15) is 52.8 Å². The molecule has 5 nitrogen and oxygen atoms in total. The van der Waals surface area contributed by atoms with E-state index in [1.54, 1.807) is 18.6 Å². The van der Waals surface area contributed by atoms with Gasteiger partial charge in [-0.25, -0.2) is 4.98 Å². The molecule has 0 saturated heterocycles. The van der Waals surface area contributed by atoms with Gasteiger partial charge in [0, 0.05) is 37.0 Å². The van der Waals surface area contributed by atoms with Crippen LogP contribution in [-0.2, 0) is 6.42 Å². The van der Waals surface area contributed by atoms with Crippen LogP contribution in [0.15, 0.2) is 18.6 Å². The van der Waals surface area contributed by atoms with Gasteiger partial charge < -0.3 is 5.32 Å². The number of hydrogen-bond acceptors (Lipinski definition) is 5. The SMILES string of the molecule is Cc1nc(C(C)C)sc1C(=O)NC(C)Cc1cnccn1. The van der Waals surface area contributed by atoms with Crippen LogP contribution in [0, 0.1) is 6.92 Å². The molecule has 0 radical (unpaired) electrons. The van der Waals surface area contributed by atoms with Crippen molar-refractivity contribution < 1.29 is 4.79 Å². The van der Waals surface area contributed by atoms with Gasteiger partial charge in [0.25, 0.3) is 5.91 Å². The van der Waals surface area contributed by atoms with Gasteiger partial charge in [-0.05, 0) is 13.8 Å². The van der Waals surface area contributed by atoms with E-state index in [4.69, 9.17) is 0 Å². The standard InChI is InChI=1S/C15H20N4OS/c1-9(2)15-19-11(4)13(21-15)14(20)18-10(3)7-12-8-16-5-6-17-12/h5-6,8-10H,7H2,1-4H3,(H,18,20). The van der Waals surface area contributed by atoms with E-state index in [0.29, 0.717) is 17.2 Å². The van der Waals surface area contributed by atoms with Crippen LogP contribution in [0.2, 0.25) is 0 Å². The number of rotatable bonds is 5. The minimum absolute atomic E-state index is 0.00167. The molecule has 2 rings (SSSR count). The third-order valence-corrected chi connectivity index (χ3v) is 4.48. The van der Waals surface area contributed by atoms with E-state index in [0.717, 1.165) is 16.4 Å². The summed E-state index contributed by atoms with van der Waals surface area (Å²) in [6.07, 6.45) is 5.68. The second-order valence-corrected chi connectivity index (χ2v) is 6.43. The molecule has 1 amide bonds. The number of nitrogens with one attached hydrogen (secondary N) is 1. The van der Waals surface area contributed by atoms with Crippen molar-refractivity contribution in [1.29, 1.82) is 0 Å². The van der Waals surface area contributed by atoms with E-state index in [1.807, 2.05) is 13.8 Å². The van der Waals surface area contributed by atoms with Crippen LogP contribution >= 0.6 is 11.3 Å². The average Bonchev–Trinajstić information content (AvgIpc) is 2.82. The molecule has 0 saturated carbocycles. The fourth-order valence-corrected chi connectivity index (χ4v) is 2.94. The highest BCUT2D eigenvalue weighted by Gasteiger charge is 2.18. The van der Waals surface area contributed by atoms with E-state index < -0.39 is 0 Å². The summed E-state index contributed by atoms with van der Waals surface area (Å²) in [4.78, 5) is 25.7. The molecule has 0 aliphatic carbocycles.